The van der Waals surface area contributed by atoms with E-state index in [1.54, 1.807) is 24.3 Å². The van der Waals surface area contributed by atoms with Crippen LogP contribution in [0, 0.1) is 0 Å². The summed E-state index contributed by atoms with van der Waals surface area (Å²) >= 11 is 0. The normalized spacial score (nSPS) is 10.2. The Labute approximate surface area is 121 Å². The van der Waals surface area contributed by atoms with E-state index < -0.39 is 5.91 Å². The van der Waals surface area contributed by atoms with Gasteiger partial charge in [-0.3, -0.25) is 14.6 Å². The molecule has 7 nitrogen and oxygen atoms in total. The molecule has 0 saturated heterocycles. The Hall–Kier alpha value is -2.80. The molecule has 2 aromatic rings. The predicted octanol–water partition coefficient (Wildman–Crippen LogP) is 0.660. The molecule has 7 heteroatoms. The van der Waals surface area contributed by atoms with Gasteiger partial charge in [-0.15, -0.1) is 0 Å². The van der Waals surface area contributed by atoms with Crippen molar-refractivity contribution < 1.29 is 9.59 Å². The number of hydrogen-bond donors (Lipinski definition) is 3. The molecule has 0 atom stereocenters. The van der Waals surface area contributed by atoms with Crippen LogP contribution < -0.4 is 16.8 Å². The minimum absolute atomic E-state index is 0.0703. The number of carbonyl (C=O) groups is 2. The van der Waals surface area contributed by atoms with Crippen LogP contribution in [0.15, 0.2) is 30.5 Å². The van der Waals surface area contributed by atoms with Gasteiger partial charge < -0.3 is 16.8 Å². The van der Waals surface area contributed by atoms with Gasteiger partial charge in [0.2, 0.25) is 5.91 Å². The lowest BCUT2D eigenvalue weighted by Gasteiger charge is -2.07. The Morgan fingerprint density at radius 1 is 1.24 bits per heavy atom. The lowest BCUT2D eigenvalue weighted by Crippen LogP contribution is -2.19. The van der Waals surface area contributed by atoms with Crippen molar-refractivity contribution in [1.29, 1.82) is 0 Å². The molecular weight excluding hydrogens is 270 g/mol. The molecule has 2 amide bonds. The summed E-state index contributed by atoms with van der Waals surface area (Å²) in [5.41, 5.74) is 13.1. The number of rotatable bonds is 4. The molecule has 5 N–H and O–H groups in total. The molecule has 0 aliphatic heterocycles. The highest BCUT2D eigenvalue weighted by Gasteiger charge is 2.12. The second-order valence-electron chi connectivity index (χ2n) is 4.38. The first kappa shape index (κ1) is 14.6. The number of carbonyl (C=O) groups excluding carboxylic acids is 2. The lowest BCUT2D eigenvalue weighted by molar-refractivity contribution is -0.114. The zero-order chi connectivity index (χ0) is 15.4. The zero-order valence-electron chi connectivity index (χ0n) is 11.5. The molecule has 0 radical (unpaired) electrons. The minimum atomic E-state index is -0.667. The second-order valence-corrected chi connectivity index (χ2v) is 4.38. The van der Waals surface area contributed by atoms with Crippen molar-refractivity contribution >= 4 is 17.5 Å². The Morgan fingerprint density at radius 2 is 1.90 bits per heavy atom. The number of nitrogens with zero attached hydrogens (tertiary/aromatic N) is 2. The second kappa shape index (κ2) is 6.10. The van der Waals surface area contributed by atoms with Crippen LogP contribution in [-0.2, 0) is 11.3 Å². The van der Waals surface area contributed by atoms with Crippen LogP contribution >= 0.6 is 0 Å². The molecule has 0 saturated carbocycles. The van der Waals surface area contributed by atoms with Gasteiger partial charge in [-0.25, -0.2) is 4.98 Å². The summed E-state index contributed by atoms with van der Waals surface area (Å²) in [5.74, 6) is -0.814. The number of amides is 2. The van der Waals surface area contributed by atoms with Crippen LogP contribution in [0.25, 0.3) is 11.3 Å². The van der Waals surface area contributed by atoms with Crippen molar-refractivity contribution in [2.45, 2.75) is 13.5 Å². The van der Waals surface area contributed by atoms with Crippen molar-refractivity contribution in [3.8, 4) is 11.3 Å². The quantitative estimate of drug-likeness (QED) is 0.761. The van der Waals surface area contributed by atoms with Crippen LogP contribution in [0.4, 0.5) is 5.69 Å². The van der Waals surface area contributed by atoms with Crippen molar-refractivity contribution in [2.75, 3.05) is 5.32 Å². The maximum absolute atomic E-state index is 11.4. The Kier molecular flexibility index (Phi) is 4.24. The fourth-order valence-corrected chi connectivity index (χ4v) is 1.83. The van der Waals surface area contributed by atoms with Crippen molar-refractivity contribution in [1.82, 2.24) is 9.97 Å². The van der Waals surface area contributed by atoms with Gasteiger partial charge in [-0.1, -0.05) is 12.1 Å². The minimum Gasteiger partial charge on any atom is -0.364 e. The number of aromatic nitrogens is 2. The summed E-state index contributed by atoms with van der Waals surface area (Å²) in [5, 5.41) is 2.67. The van der Waals surface area contributed by atoms with E-state index in [-0.39, 0.29) is 18.1 Å². The largest absolute Gasteiger partial charge is 0.364 e. The number of nitrogens with one attached hydrogen (secondary N) is 1. The van der Waals surface area contributed by atoms with Crippen LogP contribution in [0.1, 0.15) is 23.1 Å². The lowest BCUT2D eigenvalue weighted by atomic mass is 10.1. The summed E-state index contributed by atoms with van der Waals surface area (Å²) in [7, 11) is 0. The molecule has 0 spiro atoms. The van der Waals surface area contributed by atoms with E-state index in [2.05, 4.69) is 15.3 Å². The van der Waals surface area contributed by atoms with Crippen LogP contribution in [0.5, 0.6) is 0 Å². The van der Waals surface area contributed by atoms with Crippen molar-refractivity contribution in [3.05, 3.63) is 41.9 Å². The van der Waals surface area contributed by atoms with Crippen molar-refractivity contribution in [2.24, 2.45) is 11.5 Å². The van der Waals surface area contributed by atoms with Gasteiger partial charge in [-0.2, -0.15) is 0 Å². The molecule has 2 rings (SSSR count). The summed E-state index contributed by atoms with van der Waals surface area (Å²) in [6.45, 7) is 1.52. The number of anilines is 1. The van der Waals surface area contributed by atoms with E-state index in [1.807, 2.05) is 0 Å². The molecule has 21 heavy (non-hydrogen) atoms. The molecule has 1 aromatic carbocycles. The van der Waals surface area contributed by atoms with Gasteiger partial charge in [0.1, 0.15) is 0 Å². The molecule has 0 bridgehead atoms. The topological polar surface area (TPSA) is 124 Å². The molecule has 0 aliphatic carbocycles. The van der Waals surface area contributed by atoms with Gasteiger partial charge in [0.25, 0.3) is 5.91 Å². The van der Waals surface area contributed by atoms with Gasteiger partial charge in [0.05, 0.1) is 17.6 Å². The van der Waals surface area contributed by atoms with E-state index in [0.717, 1.165) is 5.56 Å². The SMILES string of the molecule is CC(=O)Nc1ccc(-c2cnc(CN)c(C(N)=O)n2)cc1. The third kappa shape index (κ3) is 3.40. The number of hydrogen-bond acceptors (Lipinski definition) is 5. The van der Waals surface area contributed by atoms with Crippen LogP contribution in [-0.4, -0.2) is 21.8 Å². The fourth-order valence-electron chi connectivity index (χ4n) is 1.83. The molecule has 108 valence electrons. The van der Waals surface area contributed by atoms with Gasteiger partial charge >= 0.3 is 0 Å². The first-order valence-corrected chi connectivity index (χ1v) is 6.25. The smallest absolute Gasteiger partial charge is 0.269 e. The molecule has 0 unspecified atom stereocenters. The third-order valence-corrected chi connectivity index (χ3v) is 2.78. The van der Waals surface area contributed by atoms with E-state index in [1.165, 1.54) is 13.1 Å². The van der Waals surface area contributed by atoms with Crippen LogP contribution in [0.2, 0.25) is 0 Å². The molecule has 0 fully saturated rings. The predicted molar refractivity (Wildman–Crippen MR) is 78.2 cm³/mol. The molecule has 1 heterocycles. The van der Waals surface area contributed by atoms with E-state index in [0.29, 0.717) is 17.1 Å². The molecule has 0 aliphatic rings. The summed E-state index contributed by atoms with van der Waals surface area (Å²) in [6.07, 6.45) is 1.53. The monoisotopic (exact) mass is 285 g/mol. The fraction of sp³-hybridized carbons (Fsp3) is 0.143. The summed E-state index contributed by atoms with van der Waals surface area (Å²) in [6, 6.07) is 7.00. The Morgan fingerprint density at radius 3 is 2.43 bits per heavy atom. The highest BCUT2D eigenvalue weighted by molar-refractivity contribution is 5.92. The average molecular weight is 285 g/mol. The van der Waals surface area contributed by atoms with Gasteiger partial charge in [-0.05, 0) is 12.1 Å². The van der Waals surface area contributed by atoms with E-state index >= 15 is 0 Å². The van der Waals surface area contributed by atoms with E-state index in [4.69, 9.17) is 11.5 Å². The van der Waals surface area contributed by atoms with Gasteiger partial charge in [0.15, 0.2) is 5.69 Å². The van der Waals surface area contributed by atoms with E-state index in [9.17, 15) is 9.59 Å². The average Bonchev–Trinajstić information content (AvgIpc) is 2.46. The first-order valence-electron chi connectivity index (χ1n) is 6.25. The number of benzene rings is 1. The molecular formula is C14H15N5O2. The zero-order valence-corrected chi connectivity index (χ0v) is 11.5. The van der Waals surface area contributed by atoms with Crippen molar-refractivity contribution in [3.63, 3.8) is 0 Å². The number of primary amides is 1. The Bertz CT molecular complexity index is 682. The maximum atomic E-state index is 11.4. The standard InChI is InChI=1S/C14H15N5O2/c1-8(20)18-10-4-2-9(3-5-10)12-7-17-11(6-15)13(19-12)14(16)21/h2-5,7H,6,15H2,1H3,(H2,16,21)(H,18,20). The highest BCUT2D eigenvalue weighted by atomic mass is 16.1. The first-order chi connectivity index (χ1) is 10.0. The van der Waals surface area contributed by atoms with Crippen LogP contribution in [0.3, 0.4) is 0 Å². The van der Waals surface area contributed by atoms with Gasteiger partial charge in [0, 0.05) is 24.7 Å². The maximum Gasteiger partial charge on any atom is 0.269 e. The number of nitrogens with two attached hydrogens (primary N) is 2. The highest BCUT2D eigenvalue weighted by Crippen LogP contribution is 2.20. The Balaban J connectivity index is 2.35. The summed E-state index contributed by atoms with van der Waals surface area (Å²) in [4.78, 5) is 30.6. The molecule has 1 aromatic heterocycles. The summed E-state index contributed by atoms with van der Waals surface area (Å²) < 4.78 is 0. The third-order valence-electron chi connectivity index (χ3n) is 2.78.